The van der Waals surface area contributed by atoms with Crippen molar-refractivity contribution in [3.05, 3.63) is 59.2 Å². The van der Waals surface area contributed by atoms with Gasteiger partial charge in [-0.1, -0.05) is 44.4 Å². The van der Waals surface area contributed by atoms with Crippen molar-refractivity contribution in [2.24, 2.45) is 0 Å². The normalized spacial score (nSPS) is 18.0. The third-order valence-electron chi connectivity index (χ3n) is 5.97. The van der Waals surface area contributed by atoms with Crippen molar-refractivity contribution in [1.29, 1.82) is 0 Å². The number of carbonyl (C=O) groups excluding carboxylic acids is 2. The molecule has 2 amide bonds. The molecule has 1 saturated heterocycles. The molecule has 4 nitrogen and oxygen atoms in total. The Morgan fingerprint density at radius 1 is 1.07 bits per heavy atom. The molecule has 0 aromatic heterocycles. The topological polar surface area (TPSA) is 49.4 Å². The molecule has 1 heterocycles. The number of hydrogen-bond donors (Lipinski definition) is 1. The van der Waals surface area contributed by atoms with Gasteiger partial charge in [-0.3, -0.25) is 14.5 Å². The number of anilines is 2. The SMILES string of the molecule is CCCCCCC(=O)Nc1ccc([C@@H]2SCC(=O)N2c2ccc3c(c2)CCC3)cc1. The molecule has 2 aromatic rings. The van der Waals surface area contributed by atoms with E-state index in [9.17, 15) is 9.59 Å². The van der Waals surface area contributed by atoms with E-state index in [1.54, 1.807) is 11.8 Å². The van der Waals surface area contributed by atoms with Gasteiger partial charge in [0.05, 0.1) is 5.75 Å². The first kappa shape index (κ1) is 21.0. The van der Waals surface area contributed by atoms with Crippen LogP contribution in [-0.2, 0) is 22.4 Å². The average Bonchev–Trinajstić information content (AvgIpc) is 3.37. The van der Waals surface area contributed by atoms with E-state index in [1.165, 1.54) is 30.4 Å². The molecule has 1 aliphatic heterocycles. The second-order valence-corrected chi connectivity index (χ2v) is 9.28. The Kier molecular flexibility index (Phi) is 6.78. The summed E-state index contributed by atoms with van der Waals surface area (Å²) in [6.07, 6.45) is 8.43. The molecule has 1 aliphatic carbocycles. The van der Waals surface area contributed by atoms with E-state index in [1.807, 2.05) is 29.2 Å². The van der Waals surface area contributed by atoms with Gasteiger partial charge in [0.1, 0.15) is 5.37 Å². The lowest BCUT2D eigenvalue weighted by atomic mass is 10.1. The van der Waals surface area contributed by atoms with Gasteiger partial charge in [0.2, 0.25) is 11.8 Å². The summed E-state index contributed by atoms with van der Waals surface area (Å²) < 4.78 is 0. The Morgan fingerprint density at radius 2 is 1.87 bits per heavy atom. The lowest BCUT2D eigenvalue weighted by Crippen LogP contribution is -2.27. The Balaban J connectivity index is 1.43. The minimum absolute atomic E-state index is 0.0178. The van der Waals surface area contributed by atoms with Crippen LogP contribution in [0, 0.1) is 0 Å². The summed E-state index contributed by atoms with van der Waals surface area (Å²) in [6.45, 7) is 2.17. The summed E-state index contributed by atoms with van der Waals surface area (Å²) in [7, 11) is 0. The quantitative estimate of drug-likeness (QED) is 0.542. The average molecular weight is 423 g/mol. The van der Waals surface area contributed by atoms with Crippen molar-refractivity contribution in [3.8, 4) is 0 Å². The lowest BCUT2D eigenvalue weighted by Gasteiger charge is -2.25. The highest BCUT2D eigenvalue weighted by molar-refractivity contribution is 8.00. The number of unbranched alkanes of at least 4 members (excludes halogenated alkanes) is 3. The van der Waals surface area contributed by atoms with E-state index in [4.69, 9.17) is 0 Å². The highest BCUT2D eigenvalue weighted by atomic mass is 32.2. The van der Waals surface area contributed by atoms with Crippen LogP contribution < -0.4 is 10.2 Å². The Hall–Kier alpha value is -2.27. The second kappa shape index (κ2) is 9.69. The number of benzene rings is 2. The zero-order valence-electron chi connectivity index (χ0n) is 17.7. The fourth-order valence-electron chi connectivity index (χ4n) is 4.32. The molecule has 4 rings (SSSR count). The molecule has 0 radical (unpaired) electrons. The molecule has 5 heteroatoms. The first-order chi connectivity index (χ1) is 14.7. The van der Waals surface area contributed by atoms with Crippen LogP contribution >= 0.6 is 11.8 Å². The summed E-state index contributed by atoms with van der Waals surface area (Å²) in [4.78, 5) is 26.7. The number of rotatable bonds is 8. The van der Waals surface area contributed by atoms with Gasteiger partial charge < -0.3 is 5.32 Å². The molecule has 0 unspecified atom stereocenters. The minimum Gasteiger partial charge on any atom is -0.326 e. The van der Waals surface area contributed by atoms with Crippen LogP contribution in [0.15, 0.2) is 42.5 Å². The predicted octanol–water partition coefficient (Wildman–Crippen LogP) is 5.86. The molecule has 0 bridgehead atoms. The number of amides is 2. The van der Waals surface area contributed by atoms with Crippen LogP contribution in [0.1, 0.15) is 67.5 Å². The Labute approximate surface area is 183 Å². The van der Waals surface area contributed by atoms with Gasteiger partial charge in [-0.2, -0.15) is 0 Å². The molecular weight excluding hydrogens is 392 g/mol. The van der Waals surface area contributed by atoms with Gasteiger partial charge in [0, 0.05) is 17.8 Å². The van der Waals surface area contributed by atoms with Crippen molar-refractivity contribution in [3.63, 3.8) is 0 Å². The predicted molar refractivity (Wildman–Crippen MR) is 125 cm³/mol. The number of nitrogens with zero attached hydrogens (tertiary/aromatic N) is 1. The van der Waals surface area contributed by atoms with E-state index in [2.05, 4.69) is 30.4 Å². The number of carbonyl (C=O) groups is 2. The fourth-order valence-corrected chi connectivity index (χ4v) is 5.50. The van der Waals surface area contributed by atoms with Gasteiger partial charge in [-0.05, 0) is 66.6 Å². The largest absolute Gasteiger partial charge is 0.326 e. The molecule has 2 aliphatic rings. The zero-order chi connectivity index (χ0) is 20.9. The van der Waals surface area contributed by atoms with Gasteiger partial charge >= 0.3 is 0 Å². The maximum absolute atomic E-state index is 12.7. The summed E-state index contributed by atoms with van der Waals surface area (Å²) in [5, 5.41) is 2.97. The lowest BCUT2D eigenvalue weighted by molar-refractivity contribution is -0.116. The highest BCUT2D eigenvalue weighted by Crippen LogP contribution is 2.42. The number of aryl methyl sites for hydroxylation is 2. The molecule has 0 saturated carbocycles. The van der Waals surface area contributed by atoms with Crippen molar-refractivity contribution in [1.82, 2.24) is 0 Å². The van der Waals surface area contributed by atoms with Gasteiger partial charge in [-0.15, -0.1) is 11.8 Å². The number of hydrogen-bond acceptors (Lipinski definition) is 3. The number of fused-ring (bicyclic) bond motifs is 1. The van der Waals surface area contributed by atoms with Crippen molar-refractivity contribution in [2.75, 3.05) is 16.0 Å². The number of thioether (sulfide) groups is 1. The summed E-state index contributed by atoms with van der Waals surface area (Å²) in [6, 6.07) is 14.4. The molecule has 1 fully saturated rings. The van der Waals surface area contributed by atoms with E-state index in [0.29, 0.717) is 12.2 Å². The van der Waals surface area contributed by atoms with Crippen LogP contribution in [-0.4, -0.2) is 17.6 Å². The Morgan fingerprint density at radius 3 is 2.67 bits per heavy atom. The second-order valence-electron chi connectivity index (χ2n) is 8.21. The van der Waals surface area contributed by atoms with Crippen molar-refractivity contribution in [2.45, 2.75) is 63.7 Å². The standard InChI is InChI=1S/C25H30N2O2S/c1-2-3-4-5-9-23(28)26-21-13-10-19(11-14-21)25-27(24(29)17-30-25)22-15-12-18-7-6-8-20(18)16-22/h10-16,25H,2-9,17H2,1H3,(H,26,28)/t25-/m0/s1. The molecule has 1 N–H and O–H groups in total. The fraction of sp³-hybridized carbons (Fsp3) is 0.440. The van der Waals surface area contributed by atoms with Gasteiger partial charge in [0.15, 0.2) is 0 Å². The maximum Gasteiger partial charge on any atom is 0.238 e. The van der Waals surface area contributed by atoms with Crippen molar-refractivity contribution >= 4 is 35.0 Å². The van der Waals surface area contributed by atoms with Crippen LogP contribution in [0.5, 0.6) is 0 Å². The van der Waals surface area contributed by atoms with Gasteiger partial charge in [-0.25, -0.2) is 0 Å². The molecule has 30 heavy (non-hydrogen) atoms. The van der Waals surface area contributed by atoms with E-state index in [-0.39, 0.29) is 17.2 Å². The molecule has 1 atom stereocenters. The van der Waals surface area contributed by atoms with Gasteiger partial charge in [0.25, 0.3) is 0 Å². The van der Waals surface area contributed by atoms with E-state index < -0.39 is 0 Å². The van der Waals surface area contributed by atoms with Crippen molar-refractivity contribution < 1.29 is 9.59 Å². The number of nitrogens with one attached hydrogen (secondary N) is 1. The first-order valence-electron chi connectivity index (χ1n) is 11.1. The first-order valence-corrected chi connectivity index (χ1v) is 12.2. The summed E-state index contributed by atoms with van der Waals surface area (Å²) in [5.74, 6) is 0.731. The zero-order valence-corrected chi connectivity index (χ0v) is 18.5. The third-order valence-corrected chi connectivity index (χ3v) is 7.18. The van der Waals surface area contributed by atoms with Crippen LogP contribution in [0.25, 0.3) is 0 Å². The molecule has 0 spiro atoms. The molecule has 2 aromatic carbocycles. The van der Waals surface area contributed by atoms with E-state index >= 15 is 0 Å². The molecule has 158 valence electrons. The third kappa shape index (κ3) is 4.72. The smallest absolute Gasteiger partial charge is 0.238 e. The van der Waals surface area contributed by atoms with E-state index in [0.717, 1.165) is 42.6 Å². The summed E-state index contributed by atoms with van der Waals surface area (Å²) >= 11 is 1.66. The summed E-state index contributed by atoms with van der Waals surface area (Å²) in [5.41, 5.74) is 5.71. The van der Waals surface area contributed by atoms with Crippen LogP contribution in [0.2, 0.25) is 0 Å². The van der Waals surface area contributed by atoms with Crippen LogP contribution in [0.3, 0.4) is 0 Å². The maximum atomic E-state index is 12.7. The molecular formula is C25H30N2O2S. The highest BCUT2D eigenvalue weighted by Gasteiger charge is 2.34. The van der Waals surface area contributed by atoms with Crippen LogP contribution in [0.4, 0.5) is 11.4 Å². The Bertz CT molecular complexity index is 910. The minimum atomic E-state index is -0.0178. The monoisotopic (exact) mass is 422 g/mol.